The summed E-state index contributed by atoms with van der Waals surface area (Å²) in [6, 6.07) is 5.17. The van der Waals surface area contributed by atoms with Gasteiger partial charge >= 0.3 is 0 Å². The van der Waals surface area contributed by atoms with Crippen LogP contribution in [0.1, 0.15) is 23.2 Å². The first-order chi connectivity index (χ1) is 8.29. The second-order valence-corrected chi connectivity index (χ2v) is 3.41. The minimum absolute atomic E-state index is 0.265. The molecule has 2 aromatic heterocycles. The first-order valence-corrected chi connectivity index (χ1v) is 5.33. The molecule has 0 saturated heterocycles. The molecule has 0 fully saturated rings. The number of anilines is 1. The molecular weight excluding hydrogens is 216 g/mol. The smallest absolute Gasteiger partial charge is 0.274 e. The zero-order valence-corrected chi connectivity index (χ0v) is 9.42. The summed E-state index contributed by atoms with van der Waals surface area (Å²) in [4.78, 5) is 23.9. The van der Waals surface area contributed by atoms with Crippen molar-refractivity contribution in [3.8, 4) is 0 Å². The van der Waals surface area contributed by atoms with E-state index in [0.29, 0.717) is 11.4 Å². The summed E-state index contributed by atoms with van der Waals surface area (Å²) in [6.45, 7) is 1.97. The minimum atomic E-state index is -0.265. The van der Waals surface area contributed by atoms with Crippen molar-refractivity contribution in [1.29, 1.82) is 0 Å². The molecular formula is C12H12N4O. The number of nitrogens with zero attached hydrogens (tertiary/aromatic N) is 3. The molecule has 2 aromatic rings. The van der Waals surface area contributed by atoms with E-state index in [1.165, 1.54) is 0 Å². The van der Waals surface area contributed by atoms with Crippen LogP contribution in [0.2, 0.25) is 0 Å². The van der Waals surface area contributed by atoms with E-state index < -0.39 is 0 Å². The Bertz CT molecular complexity index is 496. The van der Waals surface area contributed by atoms with E-state index in [4.69, 9.17) is 0 Å². The summed E-state index contributed by atoms with van der Waals surface area (Å²) >= 11 is 0. The van der Waals surface area contributed by atoms with Crippen molar-refractivity contribution in [2.45, 2.75) is 13.3 Å². The number of hydrogen-bond donors (Lipinski definition) is 1. The van der Waals surface area contributed by atoms with E-state index in [9.17, 15) is 4.79 Å². The number of aromatic nitrogens is 3. The van der Waals surface area contributed by atoms with Gasteiger partial charge in [-0.15, -0.1) is 0 Å². The van der Waals surface area contributed by atoms with Crippen molar-refractivity contribution >= 4 is 11.6 Å². The van der Waals surface area contributed by atoms with E-state index in [0.717, 1.165) is 12.2 Å². The average molecular weight is 228 g/mol. The van der Waals surface area contributed by atoms with Crippen LogP contribution in [0.4, 0.5) is 5.69 Å². The third-order valence-electron chi connectivity index (χ3n) is 2.18. The molecule has 0 spiro atoms. The number of nitrogens with one attached hydrogen (secondary N) is 1. The summed E-state index contributed by atoms with van der Waals surface area (Å²) in [5, 5.41) is 2.68. The molecule has 0 atom stereocenters. The molecule has 0 aromatic carbocycles. The van der Waals surface area contributed by atoms with E-state index in [-0.39, 0.29) is 5.91 Å². The van der Waals surface area contributed by atoms with E-state index in [1.807, 2.05) is 6.92 Å². The van der Waals surface area contributed by atoms with Gasteiger partial charge in [0.25, 0.3) is 5.91 Å². The lowest BCUT2D eigenvalue weighted by atomic mass is 10.3. The molecule has 0 unspecified atom stereocenters. The quantitative estimate of drug-likeness (QED) is 0.868. The van der Waals surface area contributed by atoms with Crippen molar-refractivity contribution in [2.24, 2.45) is 0 Å². The largest absolute Gasteiger partial charge is 0.318 e. The first-order valence-electron chi connectivity index (χ1n) is 5.33. The maximum absolute atomic E-state index is 11.7. The van der Waals surface area contributed by atoms with Crippen molar-refractivity contribution in [3.05, 3.63) is 48.3 Å². The van der Waals surface area contributed by atoms with Crippen LogP contribution < -0.4 is 5.32 Å². The molecule has 2 rings (SSSR count). The highest BCUT2D eigenvalue weighted by atomic mass is 16.1. The predicted octanol–water partition coefficient (Wildman–Crippen LogP) is 1.69. The molecule has 0 saturated carbocycles. The topological polar surface area (TPSA) is 67.8 Å². The van der Waals surface area contributed by atoms with Gasteiger partial charge in [-0.1, -0.05) is 13.0 Å². The van der Waals surface area contributed by atoms with Crippen molar-refractivity contribution in [3.63, 3.8) is 0 Å². The van der Waals surface area contributed by atoms with Crippen LogP contribution in [0.15, 0.2) is 36.8 Å². The molecule has 2 heterocycles. The number of rotatable bonds is 3. The lowest BCUT2D eigenvalue weighted by Crippen LogP contribution is -2.13. The van der Waals surface area contributed by atoms with Crippen LogP contribution in [0, 0.1) is 0 Å². The van der Waals surface area contributed by atoms with Gasteiger partial charge in [-0.25, -0.2) is 9.97 Å². The number of carbonyl (C=O) groups excluding carboxylic acids is 1. The van der Waals surface area contributed by atoms with Gasteiger partial charge in [-0.3, -0.25) is 9.78 Å². The van der Waals surface area contributed by atoms with Crippen LogP contribution in [-0.2, 0) is 6.42 Å². The maximum Gasteiger partial charge on any atom is 0.274 e. The monoisotopic (exact) mass is 228 g/mol. The molecule has 1 amide bonds. The molecule has 17 heavy (non-hydrogen) atoms. The number of carbonyl (C=O) groups is 1. The van der Waals surface area contributed by atoms with Crippen LogP contribution in [-0.4, -0.2) is 20.9 Å². The zero-order valence-electron chi connectivity index (χ0n) is 9.42. The van der Waals surface area contributed by atoms with Crippen LogP contribution in [0.25, 0.3) is 0 Å². The Morgan fingerprint density at radius 2 is 2.00 bits per heavy atom. The Balaban J connectivity index is 2.08. The fourth-order valence-electron chi connectivity index (χ4n) is 1.29. The normalized spacial score (nSPS) is 9.94. The third kappa shape index (κ3) is 2.84. The molecule has 0 aliphatic heterocycles. The molecule has 0 radical (unpaired) electrons. The first kappa shape index (κ1) is 11.2. The van der Waals surface area contributed by atoms with Gasteiger partial charge in [0.15, 0.2) is 0 Å². The molecule has 0 bridgehead atoms. The predicted molar refractivity (Wildman–Crippen MR) is 63.6 cm³/mol. The van der Waals surface area contributed by atoms with E-state index >= 15 is 0 Å². The molecule has 1 N–H and O–H groups in total. The van der Waals surface area contributed by atoms with Crippen LogP contribution in [0.3, 0.4) is 0 Å². The Hall–Kier alpha value is -2.30. The summed E-state index contributed by atoms with van der Waals surface area (Å²) in [6.07, 6.45) is 5.53. The molecule has 5 nitrogen and oxygen atoms in total. The van der Waals surface area contributed by atoms with Gasteiger partial charge in [-0.2, -0.15) is 0 Å². The number of hydrogen-bond acceptors (Lipinski definition) is 4. The highest BCUT2D eigenvalue weighted by Crippen LogP contribution is 2.05. The van der Waals surface area contributed by atoms with Gasteiger partial charge in [0, 0.05) is 12.6 Å². The SMILES string of the molecule is CCc1ncc(NC(=O)c2ccccn2)cn1. The van der Waals surface area contributed by atoms with Gasteiger partial charge in [-0.05, 0) is 12.1 Å². The summed E-state index contributed by atoms with van der Waals surface area (Å²) in [5.74, 6) is 0.485. The summed E-state index contributed by atoms with van der Waals surface area (Å²) in [5.41, 5.74) is 0.935. The van der Waals surface area contributed by atoms with E-state index in [2.05, 4.69) is 20.3 Å². The van der Waals surface area contributed by atoms with Crippen molar-refractivity contribution in [1.82, 2.24) is 15.0 Å². The maximum atomic E-state index is 11.7. The summed E-state index contributed by atoms with van der Waals surface area (Å²) in [7, 11) is 0. The molecule has 0 aliphatic rings. The van der Waals surface area contributed by atoms with Gasteiger partial charge in [0.05, 0.1) is 18.1 Å². The molecule has 5 heteroatoms. The number of pyridine rings is 1. The summed E-state index contributed by atoms with van der Waals surface area (Å²) < 4.78 is 0. The van der Waals surface area contributed by atoms with Crippen molar-refractivity contribution < 1.29 is 4.79 Å². The highest BCUT2D eigenvalue weighted by molar-refractivity contribution is 6.02. The fraction of sp³-hybridized carbons (Fsp3) is 0.167. The average Bonchev–Trinajstić information content (AvgIpc) is 2.40. The van der Waals surface area contributed by atoms with Gasteiger partial charge in [0.1, 0.15) is 11.5 Å². The van der Waals surface area contributed by atoms with Crippen molar-refractivity contribution in [2.75, 3.05) is 5.32 Å². The number of amides is 1. The third-order valence-corrected chi connectivity index (χ3v) is 2.18. The Morgan fingerprint density at radius 3 is 2.59 bits per heavy atom. The van der Waals surface area contributed by atoms with E-state index in [1.54, 1.807) is 36.8 Å². The van der Waals surface area contributed by atoms with Gasteiger partial charge < -0.3 is 5.32 Å². The minimum Gasteiger partial charge on any atom is -0.318 e. The Kier molecular flexibility index (Phi) is 3.40. The second kappa shape index (κ2) is 5.16. The Labute approximate surface area is 99.0 Å². The highest BCUT2D eigenvalue weighted by Gasteiger charge is 2.06. The number of aryl methyl sites for hydroxylation is 1. The van der Waals surface area contributed by atoms with Crippen LogP contribution >= 0.6 is 0 Å². The van der Waals surface area contributed by atoms with Crippen LogP contribution in [0.5, 0.6) is 0 Å². The standard InChI is InChI=1S/C12H12N4O/c1-2-11-14-7-9(8-15-11)16-12(17)10-5-3-4-6-13-10/h3-8H,2H2,1H3,(H,16,17). The van der Waals surface area contributed by atoms with Gasteiger partial charge in [0.2, 0.25) is 0 Å². The fourth-order valence-corrected chi connectivity index (χ4v) is 1.29. The molecule has 86 valence electrons. The molecule has 0 aliphatic carbocycles. The Morgan fingerprint density at radius 1 is 1.24 bits per heavy atom. The zero-order chi connectivity index (χ0) is 12.1. The lowest BCUT2D eigenvalue weighted by molar-refractivity contribution is 0.102. The lowest BCUT2D eigenvalue weighted by Gasteiger charge is -2.03. The second-order valence-electron chi connectivity index (χ2n) is 3.41.